The van der Waals surface area contributed by atoms with E-state index >= 15 is 0 Å². The third-order valence-electron chi connectivity index (χ3n) is 2.96. The molecule has 2 nitrogen and oxygen atoms in total. The van der Waals surface area contributed by atoms with E-state index in [4.69, 9.17) is 5.73 Å². The van der Waals surface area contributed by atoms with Crippen LogP contribution in [-0.2, 0) is 6.18 Å². The van der Waals surface area contributed by atoms with Crippen LogP contribution in [0.4, 0.5) is 27.6 Å². The summed E-state index contributed by atoms with van der Waals surface area (Å²) in [5, 5.41) is 10.0. The maximum Gasteiger partial charge on any atom is 0.416 e. The number of hydrogen-bond acceptors (Lipinski definition) is 2. The molecule has 0 aromatic heterocycles. The minimum Gasteiger partial charge on any atom is -0.398 e. The van der Waals surface area contributed by atoms with E-state index in [9.17, 15) is 27.1 Å². The maximum absolute atomic E-state index is 13.6. The molecule has 2 aromatic rings. The number of aliphatic hydroxyl groups excluding tert-OH is 1. The first-order valence-electron chi connectivity index (χ1n) is 5.80. The fraction of sp³-hybridized carbons (Fsp3) is 0.143. The van der Waals surface area contributed by atoms with E-state index in [1.807, 2.05) is 0 Å². The monoisotopic (exact) mass is 303 g/mol. The van der Waals surface area contributed by atoms with Gasteiger partial charge in [-0.05, 0) is 36.4 Å². The second-order valence-electron chi connectivity index (χ2n) is 4.41. The van der Waals surface area contributed by atoms with Crippen molar-refractivity contribution >= 4 is 5.69 Å². The molecule has 7 heteroatoms. The van der Waals surface area contributed by atoms with Crippen LogP contribution in [0.15, 0.2) is 36.4 Å². The van der Waals surface area contributed by atoms with Crippen LogP contribution in [0.3, 0.4) is 0 Å². The molecule has 0 saturated heterocycles. The molecule has 0 aliphatic carbocycles. The second kappa shape index (κ2) is 5.33. The summed E-state index contributed by atoms with van der Waals surface area (Å²) in [6.45, 7) is 0. The number of nitrogens with two attached hydrogens (primary N) is 1. The van der Waals surface area contributed by atoms with E-state index in [-0.39, 0.29) is 11.3 Å². The summed E-state index contributed by atoms with van der Waals surface area (Å²) in [5.74, 6) is -1.77. The van der Waals surface area contributed by atoms with Gasteiger partial charge in [0.05, 0.1) is 5.56 Å². The molecular formula is C14H10F5NO. The summed E-state index contributed by atoms with van der Waals surface area (Å²) < 4.78 is 64.6. The molecule has 2 aromatic carbocycles. The van der Waals surface area contributed by atoms with Gasteiger partial charge < -0.3 is 10.8 Å². The van der Waals surface area contributed by atoms with Crippen LogP contribution in [0.2, 0.25) is 0 Å². The quantitative estimate of drug-likeness (QED) is 0.657. The predicted octanol–water partition coefficient (Wildman–Crippen LogP) is 3.65. The number of rotatable bonds is 2. The summed E-state index contributed by atoms with van der Waals surface area (Å²) >= 11 is 0. The van der Waals surface area contributed by atoms with Gasteiger partial charge in [-0.1, -0.05) is 0 Å². The van der Waals surface area contributed by atoms with Gasteiger partial charge >= 0.3 is 6.18 Å². The van der Waals surface area contributed by atoms with Gasteiger partial charge in [0.25, 0.3) is 0 Å². The van der Waals surface area contributed by atoms with E-state index in [0.29, 0.717) is 12.1 Å². The van der Waals surface area contributed by atoms with Crippen molar-refractivity contribution in [2.45, 2.75) is 12.3 Å². The Bertz CT molecular complexity index is 669. The van der Waals surface area contributed by atoms with Crippen LogP contribution in [0.25, 0.3) is 0 Å². The summed E-state index contributed by atoms with van der Waals surface area (Å²) in [5.41, 5.74) is 3.50. The standard InChI is InChI=1S/C14H10F5NO/c15-8-2-3-11(16)9(6-8)13(21)10-5-7(14(17,18)19)1-4-12(10)20/h1-6,13,21H,20H2. The molecule has 21 heavy (non-hydrogen) atoms. The fourth-order valence-electron chi connectivity index (χ4n) is 1.88. The second-order valence-corrected chi connectivity index (χ2v) is 4.41. The lowest BCUT2D eigenvalue weighted by Crippen LogP contribution is -2.11. The molecule has 0 bridgehead atoms. The molecule has 0 radical (unpaired) electrons. The maximum atomic E-state index is 13.6. The summed E-state index contributed by atoms with van der Waals surface area (Å²) in [7, 11) is 0. The number of alkyl halides is 3. The van der Waals surface area contributed by atoms with Gasteiger partial charge in [0.1, 0.15) is 17.7 Å². The zero-order valence-corrected chi connectivity index (χ0v) is 10.5. The van der Waals surface area contributed by atoms with Gasteiger partial charge in [0.15, 0.2) is 0 Å². The molecule has 1 unspecified atom stereocenters. The molecule has 112 valence electrons. The van der Waals surface area contributed by atoms with Crippen LogP contribution in [-0.4, -0.2) is 5.11 Å². The largest absolute Gasteiger partial charge is 0.416 e. The predicted molar refractivity (Wildman–Crippen MR) is 66.3 cm³/mol. The van der Waals surface area contributed by atoms with E-state index in [0.717, 1.165) is 24.3 Å². The first kappa shape index (κ1) is 15.2. The average molecular weight is 303 g/mol. The number of anilines is 1. The highest BCUT2D eigenvalue weighted by atomic mass is 19.4. The van der Waals surface area contributed by atoms with E-state index < -0.39 is 35.0 Å². The summed E-state index contributed by atoms with van der Waals surface area (Å²) in [6, 6.07) is 4.63. The molecule has 0 aliphatic heterocycles. The van der Waals surface area contributed by atoms with Crippen LogP contribution < -0.4 is 5.73 Å². The topological polar surface area (TPSA) is 46.2 Å². The van der Waals surface area contributed by atoms with Crippen molar-refractivity contribution in [2.24, 2.45) is 0 Å². The molecule has 0 amide bonds. The Morgan fingerprint density at radius 2 is 1.62 bits per heavy atom. The zero-order valence-electron chi connectivity index (χ0n) is 10.5. The highest BCUT2D eigenvalue weighted by Gasteiger charge is 2.32. The number of halogens is 5. The van der Waals surface area contributed by atoms with Crippen molar-refractivity contribution in [3.8, 4) is 0 Å². The highest BCUT2D eigenvalue weighted by Crippen LogP contribution is 2.35. The average Bonchev–Trinajstić information content (AvgIpc) is 2.40. The molecule has 0 saturated carbocycles. The van der Waals surface area contributed by atoms with Crippen LogP contribution in [0.5, 0.6) is 0 Å². The van der Waals surface area contributed by atoms with Crippen molar-refractivity contribution in [1.82, 2.24) is 0 Å². The lowest BCUT2D eigenvalue weighted by Gasteiger charge is -2.17. The number of hydrogen-bond donors (Lipinski definition) is 2. The highest BCUT2D eigenvalue weighted by molar-refractivity contribution is 5.52. The summed E-state index contributed by atoms with van der Waals surface area (Å²) in [6.07, 6.45) is -6.44. The number of aliphatic hydroxyl groups is 1. The molecule has 2 rings (SSSR count). The zero-order chi connectivity index (χ0) is 15.8. The first-order valence-corrected chi connectivity index (χ1v) is 5.80. The summed E-state index contributed by atoms with van der Waals surface area (Å²) in [4.78, 5) is 0. The third-order valence-corrected chi connectivity index (χ3v) is 2.96. The van der Waals surface area contributed by atoms with Crippen molar-refractivity contribution < 1.29 is 27.1 Å². The van der Waals surface area contributed by atoms with Crippen LogP contribution in [0, 0.1) is 11.6 Å². The third kappa shape index (κ3) is 3.13. The first-order chi connectivity index (χ1) is 9.70. The van der Waals surface area contributed by atoms with E-state index in [2.05, 4.69) is 0 Å². The molecule has 0 fully saturated rings. The number of nitrogen functional groups attached to an aromatic ring is 1. The molecule has 0 spiro atoms. The SMILES string of the molecule is Nc1ccc(C(F)(F)F)cc1C(O)c1cc(F)ccc1F. The van der Waals surface area contributed by atoms with E-state index in [1.54, 1.807) is 0 Å². The van der Waals surface area contributed by atoms with Crippen molar-refractivity contribution in [1.29, 1.82) is 0 Å². The Balaban J connectivity index is 2.52. The minimum atomic E-state index is -4.64. The lowest BCUT2D eigenvalue weighted by atomic mass is 9.97. The molecule has 0 heterocycles. The lowest BCUT2D eigenvalue weighted by molar-refractivity contribution is -0.137. The van der Waals surface area contributed by atoms with Crippen LogP contribution in [0.1, 0.15) is 22.8 Å². The van der Waals surface area contributed by atoms with Crippen molar-refractivity contribution in [3.05, 3.63) is 64.7 Å². The van der Waals surface area contributed by atoms with Gasteiger partial charge in [-0.25, -0.2) is 8.78 Å². The Morgan fingerprint density at radius 3 is 2.24 bits per heavy atom. The molecule has 0 aliphatic rings. The Hall–Kier alpha value is -2.15. The Morgan fingerprint density at radius 1 is 0.952 bits per heavy atom. The Kier molecular flexibility index (Phi) is 3.87. The normalized spacial score (nSPS) is 13.2. The van der Waals surface area contributed by atoms with Crippen molar-refractivity contribution in [2.75, 3.05) is 5.73 Å². The van der Waals surface area contributed by atoms with Gasteiger partial charge in [0, 0.05) is 16.8 Å². The molecule has 3 N–H and O–H groups in total. The van der Waals surface area contributed by atoms with Gasteiger partial charge in [-0.3, -0.25) is 0 Å². The molecular weight excluding hydrogens is 293 g/mol. The smallest absolute Gasteiger partial charge is 0.398 e. The Labute approximate surface area is 116 Å². The van der Waals surface area contributed by atoms with E-state index in [1.165, 1.54) is 0 Å². The van der Waals surface area contributed by atoms with Crippen LogP contribution >= 0.6 is 0 Å². The fourth-order valence-corrected chi connectivity index (χ4v) is 1.88. The van der Waals surface area contributed by atoms with Gasteiger partial charge in [-0.15, -0.1) is 0 Å². The molecule has 1 atom stereocenters. The number of benzene rings is 2. The van der Waals surface area contributed by atoms with Gasteiger partial charge in [0.2, 0.25) is 0 Å². The van der Waals surface area contributed by atoms with Gasteiger partial charge in [-0.2, -0.15) is 13.2 Å². The minimum absolute atomic E-state index is 0.154. The van der Waals surface area contributed by atoms with Crippen molar-refractivity contribution in [3.63, 3.8) is 0 Å².